The van der Waals surface area contributed by atoms with E-state index in [-0.39, 0.29) is 52.7 Å². The van der Waals surface area contributed by atoms with Crippen molar-refractivity contribution < 1.29 is 32.6 Å². The van der Waals surface area contributed by atoms with E-state index in [1.54, 1.807) is 6.08 Å². The quantitative estimate of drug-likeness (QED) is 0.111. The van der Waals surface area contributed by atoms with Crippen molar-refractivity contribution in [3.05, 3.63) is 60.3 Å². The van der Waals surface area contributed by atoms with Gasteiger partial charge in [0.2, 0.25) is 0 Å². The van der Waals surface area contributed by atoms with Crippen LogP contribution in [0, 0.1) is 5.92 Å². The van der Waals surface area contributed by atoms with Crippen LogP contribution >= 0.6 is 0 Å². The largest absolute Gasteiger partial charge is 0.456 e. The molecule has 288 valence electrons. The first-order valence-electron chi connectivity index (χ1n) is 19.5. The van der Waals surface area contributed by atoms with Crippen molar-refractivity contribution in [2.75, 3.05) is 6.61 Å². The Bertz CT molecular complexity index is 1320. The molecule has 4 aliphatic heterocycles. The molecule has 2 bridgehead atoms. The Balaban J connectivity index is 1.68. The third-order valence-electron chi connectivity index (χ3n) is 11.9. The average Bonchev–Trinajstić information content (AvgIpc) is 3.76. The molecule has 9 heteroatoms. The van der Waals surface area contributed by atoms with Crippen LogP contribution in [0.2, 0.25) is 36.3 Å². The fourth-order valence-corrected chi connectivity index (χ4v) is 9.31. The molecular formula is C42H70O7Si2. The van der Waals surface area contributed by atoms with Crippen molar-refractivity contribution in [1.29, 1.82) is 0 Å². The minimum absolute atomic E-state index is 0.0389. The number of epoxide rings is 1. The van der Waals surface area contributed by atoms with Gasteiger partial charge in [0, 0.05) is 12.5 Å². The predicted octanol–water partition coefficient (Wildman–Crippen LogP) is 10.2. The lowest BCUT2D eigenvalue weighted by Crippen LogP contribution is -2.48. The monoisotopic (exact) mass is 742 g/mol. The zero-order valence-electron chi connectivity index (χ0n) is 34.0. The summed E-state index contributed by atoms with van der Waals surface area (Å²) in [5.41, 5.74) is 2.50. The highest BCUT2D eigenvalue weighted by molar-refractivity contribution is 6.74. The second-order valence-electron chi connectivity index (χ2n) is 18.7. The van der Waals surface area contributed by atoms with Crippen molar-refractivity contribution in [3.8, 4) is 0 Å². The summed E-state index contributed by atoms with van der Waals surface area (Å²) in [5.74, 6) is 0.0518. The zero-order valence-corrected chi connectivity index (χ0v) is 36.0. The zero-order chi connectivity index (χ0) is 37.8. The Kier molecular flexibility index (Phi) is 14.3. The smallest absolute Gasteiger partial charge is 0.330 e. The van der Waals surface area contributed by atoms with Gasteiger partial charge in [0.25, 0.3) is 0 Å². The van der Waals surface area contributed by atoms with Gasteiger partial charge in [-0.25, -0.2) is 4.79 Å². The number of hydrogen-bond donors (Lipinski definition) is 0. The molecule has 4 heterocycles. The van der Waals surface area contributed by atoms with Crippen LogP contribution < -0.4 is 0 Å². The van der Waals surface area contributed by atoms with E-state index in [2.05, 4.69) is 119 Å². The summed E-state index contributed by atoms with van der Waals surface area (Å²) in [6.45, 7) is 32.2. The molecule has 0 radical (unpaired) electrons. The van der Waals surface area contributed by atoms with Gasteiger partial charge in [-0.05, 0) is 87.6 Å². The van der Waals surface area contributed by atoms with E-state index in [0.717, 1.165) is 32.1 Å². The highest BCUT2D eigenvalue weighted by atomic mass is 28.4. The Morgan fingerprint density at radius 2 is 1.65 bits per heavy atom. The molecule has 0 N–H and O–H groups in total. The van der Waals surface area contributed by atoms with E-state index < -0.39 is 28.8 Å². The molecule has 0 amide bonds. The van der Waals surface area contributed by atoms with Gasteiger partial charge in [0.05, 0.1) is 37.1 Å². The van der Waals surface area contributed by atoms with Crippen LogP contribution in [0.4, 0.5) is 0 Å². The van der Waals surface area contributed by atoms with E-state index in [0.29, 0.717) is 25.4 Å². The number of carbonyl (C=O) groups excluding carboxylic acids is 1. The summed E-state index contributed by atoms with van der Waals surface area (Å²) in [6.07, 6.45) is 18.2. The Labute approximate surface area is 312 Å². The minimum Gasteiger partial charge on any atom is -0.456 e. The van der Waals surface area contributed by atoms with Gasteiger partial charge in [-0.15, -0.1) is 0 Å². The first kappa shape index (κ1) is 42.1. The van der Waals surface area contributed by atoms with Crippen LogP contribution in [-0.2, 0) is 32.6 Å². The molecule has 0 aromatic rings. The molecule has 0 spiro atoms. The summed E-state index contributed by atoms with van der Waals surface area (Å²) in [4.78, 5) is 13.6. The van der Waals surface area contributed by atoms with Gasteiger partial charge < -0.3 is 27.8 Å². The number of carbonyl (C=O) groups is 1. The van der Waals surface area contributed by atoms with E-state index in [4.69, 9.17) is 27.8 Å². The summed E-state index contributed by atoms with van der Waals surface area (Å²) in [5, 5.41) is 0.00915. The number of cyclic esters (lactones) is 1. The summed E-state index contributed by atoms with van der Waals surface area (Å²) in [7, 11) is -4.43. The van der Waals surface area contributed by atoms with Gasteiger partial charge in [-0.2, -0.15) is 0 Å². The van der Waals surface area contributed by atoms with Crippen molar-refractivity contribution in [2.45, 2.75) is 185 Å². The van der Waals surface area contributed by atoms with Crippen LogP contribution in [0.5, 0.6) is 0 Å². The number of fused-ring (bicyclic) bond motifs is 3. The normalized spacial score (nSPS) is 33.5. The minimum atomic E-state index is -2.29. The van der Waals surface area contributed by atoms with Crippen LogP contribution in [0.25, 0.3) is 0 Å². The van der Waals surface area contributed by atoms with Gasteiger partial charge >= 0.3 is 5.97 Å². The highest BCUT2D eigenvalue weighted by Gasteiger charge is 2.52. The van der Waals surface area contributed by atoms with Crippen molar-refractivity contribution >= 4 is 22.6 Å². The molecule has 0 aromatic heterocycles. The molecule has 4 aliphatic rings. The molecular weight excluding hydrogens is 673 g/mol. The summed E-state index contributed by atoms with van der Waals surface area (Å²) < 4.78 is 39.7. The molecule has 4 rings (SSSR count). The molecule has 1 saturated heterocycles. The SMILES string of the molecule is C=C1CC(O[Si](C)(C)C(C)(C)C)[C@@H]2O[C@H]2C[C@@H]([C@H](/C=C/[C@@H]2CC(C)=CCO2)O[Si](C)(C)C(C)(C)C)OC(=O)/C=C\C[C@@H]2C=CC[C@@H](C[C@@H](C)C1)O2. The lowest BCUT2D eigenvalue weighted by Gasteiger charge is -2.40. The van der Waals surface area contributed by atoms with Gasteiger partial charge in [-0.1, -0.05) is 103 Å². The Morgan fingerprint density at radius 1 is 0.941 bits per heavy atom. The number of hydrogen-bond acceptors (Lipinski definition) is 7. The Morgan fingerprint density at radius 3 is 2.31 bits per heavy atom. The van der Waals surface area contributed by atoms with E-state index in [1.165, 1.54) is 11.1 Å². The first-order chi connectivity index (χ1) is 23.6. The highest BCUT2D eigenvalue weighted by Crippen LogP contribution is 2.44. The van der Waals surface area contributed by atoms with Crippen molar-refractivity contribution in [3.63, 3.8) is 0 Å². The molecule has 9 atom stereocenters. The molecule has 7 nitrogen and oxygen atoms in total. The van der Waals surface area contributed by atoms with Crippen molar-refractivity contribution in [2.24, 2.45) is 5.92 Å². The van der Waals surface area contributed by atoms with Crippen LogP contribution in [0.3, 0.4) is 0 Å². The third kappa shape index (κ3) is 12.5. The van der Waals surface area contributed by atoms with Gasteiger partial charge in [0.1, 0.15) is 18.3 Å². The molecule has 51 heavy (non-hydrogen) atoms. The topological polar surface area (TPSA) is 75.8 Å². The number of rotatable bonds is 7. The Hall–Kier alpha value is -1.60. The van der Waals surface area contributed by atoms with Crippen molar-refractivity contribution in [1.82, 2.24) is 0 Å². The standard InChI is InChI=1S/C42H70O7Si2/c1-29-22-23-44-33(25-29)20-21-35(48-50(10,11)41(4,5)6)36-28-37-40(47-37)38(49-51(12,13)42(7,8)9)27-31(3)24-30(2)26-34-18-14-16-32(45-34)17-15-19-39(43)46-36/h14-16,19-22,30,32-38,40H,3,17-18,23-28H2,1-2,4-13H3/b19-15-,21-20+/t30-,32-,33+,34-,35-,36-,37-,38?,40+/m0/s1. The summed E-state index contributed by atoms with van der Waals surface area (Å²) in [6, 6.07) is 0. The molecule has 0 aliphatic carbocycles. The lowest BCUT2D eigenvalue weighted by atomic mass is 9.91. The molecule has 1 fully saturated rings. The third-order valence-corrected chi connectivity index (χ3v) is 20.9. The predicted molar refractivity (Wildman–Crippen MR) is 213 cm³/mol. The molecule has 0 saturated carbocycles. The van der Waals surface area contributed by atoms with E-state index in [9.17, 15) is 4.79 Å². The van der Waals surface area contributed by atoms with Crippen LogP contribution in [-0.4, -0.2) is 78.0 Å². The van der Waals surface area contributed by atoms with Crippen LogP contribution in [0.15, 0.2) is 60.3 Å². The second kappa shape index (κ2) is 17.3. The fraction of sp³-hybridized carbons (Fsp3) is 0.738. The van der Waals surface area contributed by atoms with Gasteiger partial charge in [0.15, 0.2) is 16.6 Å². The maximum atomic E-state index is 13.6. The number of esters is 1. The molecule has 1 unspecified atom stereocenters. The first-order valence-corrected chi connectivity index (χ1v) is 25.3. The average molecular weight is 743 g/mol. The maximum absolute atomic E-state index is 13.6. The lowest BCUT2D eigenvalue weighted by molar-refractivity contribution is -0.147. The van der Waals surface area contributed by atoms with E-state index in [1.807, 2.05) is 6.08 Å². The van der Waals surface area contributed by atoms with Crippen LogP contribution in [0.1, 0.15) is 100 Å². The van der Waals surface area contributed by atoms with E-state index >= 15 is 0 Å². The fourth-order valence-electron chi connectivity index (χ4n) is 6.71. The summed E-state index contributed by atoms with van der Waals surface area (Å²) >= 11 is 0. The molecule has 0 aromatic carbocycles. The second-order valence-corrected chi connectivity index (χ2v) is 28.2. The number of ether oxygens (including phenoxy) is 4. The maximum Gasteiger partial charge on any atom is 0.330 e. The van der Waals surface area contributed by atoms with Gasteiger partial charge in [-0.3, -0.25) is 0 Å².